The van der Waals surface area contributed by atoms with Crippen molar-refractivity contribution < 1.29 is 4.79 Å². The van der Waals surface area contributed by atoms with Crippen LogP contribution in [0.15, 0.2) is 12.4 Å². The van der Waals surface area contributed by atoms with Gasteiger partial charge in [0.05, 0.1) is 24.6 Å². The fourth-order valence-corrected chi connectivity index (χ4v) is 1.86. The summed E-state index contributed by atoms with van der Waals surface area (Å²) in [4.78, 5) is 22.3. The van der Waals surface area contributed by atoms with Crippen LogP contribution in [-0.4, -0.2) is 47.0 Å². The van der Waals surface area contributed by atoms with Gasteiger partial charge in [0.2, 0.25) is 5.91 Å². The number of hydrogen-bond donors (Lipinski definition) is 2. The van der Waals surface area contributed by atoms with Crippen molar-refractivity contribution in [1.29, 1.82) is 0 Å². The first kappa shape index (κ1) is 14.7. The van der Waals surface area contributed by atoms with E-state index < -0.39 is 0 Å². The Bertz CT molecular complexity index is 430. The molecule has 0 atom stereocenters. The van der Waals surface area contributed by atoms with Gasteiger partial charge < -0.3 is 10.6 Å². The highest BCUT2D eigenvalue weighted by Crippen LogP contribution is 2.18. The normalized spacial score (nSPS) is 14.3. The highest BCUT2D eigenvalue weighted by molar-refractivity contribution is 5.78. The van der Waals surface area contributed by atoms with Gasteiger partial charge in [0.1, 0.15) is 5.82 Å². The Balaban J connectivity index is 1.74. The van der Waals surface area contributed by atoms with E-state index in [0.29, 0.717) is 19.1 Å². The third-order valence-electron chi connectivity index (χ3n) is 3.05. The average molecular weight is 277 g/mol. The van der Waals surface area contributed by atoms with Crippen molar-refractivity contribution >= 4 is 11.7 Å². The van der Waals surface area contributed by atoms with Crippen LogP contribution in [0.4, 0.5) is 5.82 Å². The van der Waals surface area contributed by atoms with Crippen LogP contribution in [0.3, 0.4) is 0 Å². The minimum absolute atomic E-state index is 0.0872. The van der Waals surface area contributed by atoms with Crippen LogP contribution in [0.5, 0.6) is 0 Å². The Morgan fingerprint density at radius 1 is 1.40 bits per heavy atom. The third-order valence-corrected chi connectivity index (χ3v) is 3.05. The molecule has 2 rings (SSSR count). The van der Waals surface area contributed by atoms with Crippen LogP contribution in [0.1, 0.15) is 31.9 Å². The zero-order valence-electron chi connectivity index (χ0n) is 12.2. The van der Waals surface area contributed by atoms with E-state index in [1.165, 1.54) is 0 Å². The van der Waals surface area contributed by atoms with E-state index in [-0.39, 0.29) is 5.91 Å². The predicted molar refractivity (Wildman–Crippen MR) is 78.3 cm³/mol. The molecule has 1 aliphatic rings. The Kier molecular flexibility index (Phi) is 5.29. The van der Waals surface area contributed by atoms with Gasteiger partial charge in [-0.1, -0.05) is 6.92 Å². The Hall–Kier alpha value is -1.69. The molecule has 1 aromatic rings. The molecule has 2 N–H and O–H groups in total. The molecule has 0 spiro atoms. The van der Waals surface area contributed by atoms with Gasteiger partial charge in [0, 0.05) is 19.1 Å². The van der Waals surface area contributed by atoms with Crippen molar-refractivity contribution in [2.45, 2.75) is 38.8 Å². The quantitative estimate of drug-likeness (QED) is 0.742. The fraction of sp³-hybridized carbons (Fsp3) is 0.643. The van der Waals surface area contributed by atoms with Crippen molar-refractivity contribution in [3.8, 4) is 0 Å². The van der Waals surface area contributed by atoms with Crippen LogP contribution < -0.4 is 10.6 Å². The number of likely N-dealkylation sites (N-methyl/N-ethyl adjacent to an activating group) is 1. The van der Waals surface area contributed by atoms with Gasteiger partial charge in [-0.25, -0.2) is 4.98 Å². The van der Waals surface area contributed by atoms with Gasteiger partial charge in [-0.05, 0) is 26.3 Å². The van der Waals surface area contributed by atoms with Crippen LogP contribution in [0.25, 0.3) is 0 Å². The fourth-order valence-electron chi connectivity index (χ4n) is 1.86. The zero-order chi connectivity index (χ0) is 14.4. The van der Waals surface area contributed by atoms with Crippen molar-refractivity contribution in [3.05, 3.63) is 18.1 Å². The first-order chi connectivity index (χ1) is 9.67. The summed E-state index contributed by atoms with van der Waals surface area (Å²) in [6.07, 6.45) is 6.79. The van der Waals surface area contributed by atoms with Gasteiger partial charge in [-0.15, -0.1) is 0 Å². The maximum Gasteiger partial charge on any atom is 0.234 e. The van der Waals surface area contributed by atoms with E-state index in [2.05, 4.69) is 27.5 Å². The minimum atomic E-state index is 0.0872. The summed E-state index contributed by atoms with van der Waals surface area (Å²) in [6, 6.07) is 0.416. The topological polar surface area (TPSA) is 70.2 Å². The maximum atomic E-state index is 11.7. The predicted octanol–water partition coefficient (Wildman–Crippen LogP) is 1.01. The summed E-state index contributed by atoms with van der Waals surface area (Å²) in [6.45, 7) is 4.03. The molecule has 0 bridgehead atoms. The lowest BCUT2D eigenvalue weighted by Gasteiger charge is -2.15. The van der Waals surface area contributed by atoms with E-state index in [1.54, 1.807) is 12.4 Å². The standard InChI is InChI=1S/C14H23N5O/c1-3-6-15-13-8-16-12(7-17-13)9-19(2)10-14(20)18-11-4-5-11/h7-8,11H,3-6,9-10H2,1-2H3,(H,15,17)(H,18,20). The summed E-state index contributed by atoms with van der Waals surface area (Å²) in [5, 5.41) is 6.16. The molecule has 1 amide bonds. The Labute approximate surface area is 120 Å². The summed E-state index contributed by atoms with van der Waals surface area (Å²) in [7, 11) is 1.91. The van der Waals surface area contributed by atoms with E-state index in [9.17, 15) is 4.79 Å². The molecule has 6 nitrogen and oxygen atoms in total. The first-order valence-corrected chi connectivity index (χ1v) is 7.20. The zero-order valence-corrected chi connectivity index (χ0v) is 12.2. The number of amides is 1. The van der Waals surface area contributed by atoms with Crippen molar-refractivity contribution in [2.24, 2.45) is 0 Å². The molecule has 6 heteroatoms. The number of hydrogen-bond acceptors (Lipinski definition) is 5. The molecular weight excluding hydrogens is 254 g/mol. The number of nitrogens with one attached hydrogen (secondary N) is 2. The van der Waals surface area contributed by atoms with Crippen molar-refractivity contribution in [1.82, 2.24) is 20.2 Å². The van der Waals surface area contributed by atoms with E-state index >= 15 is 0 Å². The molecule has 1 aromatic heterocycles. The van der Waals surface area contributed by atoms with Gasteiger partial charge in [-0.3, -0.25) is 14.7 Å². The number of nitrogens with zero attached hydrogens (tertiary/aromatic N) is 3. The van der Waals surface area contributed by atoms with E-state index in [1.807, 2.05) is 11.9 Å². The highest BCUT2D eigenvalue weighted by atomic mass is 16.2. The maximum absolute atomic E-state index is 11.7. The van der Waals surface area contributed by atoms with E-state index in [4.69, 9.17) is 0 Å². The number of aromatic nitrogens is 2. The molecule has 1 saturated carbocycles. The second-order valence-electron chi connectivity index (χ2n) is 5.33. The molecule has 20 heavy (non-hydrogen) atoms. The molecule has 0 radical (unpaired) electrons. The molecule has 0 unspecified atom stereocenters. The van der Waals surface area contributed by atoms with Crippen LogP contribution in [0.2, 0.25) is 0 Å². The SMILES string of the molecule is CCCNc1cnc(CN(C)CC(=O)NC2CC2)cn1. The second kappa shape index (κ2) is 7.19. The van der Waals surface area contributed by atoms with Crippen molar-refractivity contribution in [2.75, 3.05) is 25.5 Å². The number of carbonyl (C=O) groups is 1. The van der Waals surface area contributed by atoms with Crippen LogP contribution >= 0.6 is 0 Å². The summed E-state index contributed by atoms with van der Waals surface area (Å²) >= 11 is 0. The lowest BCUT2D eigenvalue weighted by Crippen LogP contribution is -2.36. The monoisotopic (exact) mass is 277 g/mol. The Morgan fingerprint density at radius 3 is 2.80 bits per heavy atom. The molecular formula is C14H23N5O. The molecule has 0 aliphatic heterocycles. The number of rotatable bonds is 8. The molecule has 0 saturated heterocycles. The largest absolute Gasteiger partial charge is 0.369 e. The summed E-state index contributed by atoms with van der Waals surface area (Å²) in [5.41, 5.74) is 0.869. The molecule has 1 aliphatic carbocycles. The van der Waals surface area contributed by atoms with Crippen LogP contribution in [0, 0.1) is 0 Å². The Morgan fingerprint density at radius 2 is 2.20 bits per heavy atom. The lowest BCUT2D eigenvalue weighted by atomic mass is 10.4. The minimum Gasteiger partial charge on any atom is -0.369 e. The number of carbonyl (C=O) groups excluding carboxylic acids is 1. The second-order valence-corrected chi connectivity index (χ2v) is 5.33. The lowest BCUT2D eigenvalue weighted by molar-refractivity contribution is -0.122. The average Bonchev–Trinajstić information content (AvgIpc) is 3.21. The van der Waals surface area contributed by atoms with Gasteiger partial charge in [0.15, 0.2) is 0 Å². The molecule has 1 fully saturated rings. The summed E-state index contributed by atoms with van der Waals surface area (Å²) in [5.74, 6) is 0.883. The van der Waals surface area contributed by atoms with Gasteiger partial charge in [-0.2, -0.15) is 0 Å². The molecule has 110 valence electrons. The summed E-state index contributed by atoms with van der Waals surface area (Å²) < 4.78 is 0. The number of anilines is 1. The van der Waals surface area contributed by atoms with Crippen LogP contribution in [-0.2, 0) is 11.3 Å². The van der Waals surface area contributed by atoms with E-state index in [0.717, 1.165) is 37.3 Å². The molecule has 0 aromatic carbocycles. The smallest absolute Gasteiger partial charge is 0.234 e. The molecule has 1 heterocycles. The highest BCUT2D eigenvalue weighted by Gasteiger charge is 2.23. The van der Waals surface area contributed by atoms with Gasteiger partial charge in [0.25, 0.3) is 0 Å². The van der Waals surface area contributed by atoms with Gasteiger partial charge >= 0.3 is 0 Å². The third kappa shape index (κ3) is 5.13. The first-order valence-electron chi connectivity index (χ1n) is 7.20. The van der Waals surface area contributed by atoms with Crippen molar-refractivity contribution in [3.63, 3.8) is 0 Å².